The summed E-state index contributed by atoms with van der Waals surface area (Å²) in [4.78, 5) is 28.1. The molecule has 4 N–H and O–H groups in total. The highest BCUT2D eigenvalue weighted by Crippen LogP contribution is 2.17. The summed E-state index contributed by atoms with van der Waals surface area (Å²) in [5.41, 5.74) is 1.99. The average Bonchev–Trinajstić information content (AvgIpc) is 2.99. The fourth-order valence-corrected chi connectivity index (χ4v) is 4.61. The summed E-state index contributed by atoms with van der Waals surface area (Å²) >= 11 is 0. The molecule has 0 aliphatic heterocycles. The standard InChI is InChI=1S/C32H38F2N4O5.ClH/c1-5-9-38(3)32(41)25-15-23(20(2)37-42)14-24(16-25)31(40)36-29(13-22-10-26(33)17-27(34)11-22)30(39)19-35-18-21-7-6-8-28(12-21)43-4;/h6-8,10-12,14-17,29-30,35,39,42H,5,9,13,18-19H2,1-4H3,(H,36,40);1H/b37-20+;/t29-,30+;/m0./s1. The Bertz CT molecular complexity index is 1440. The van der Waals surface area contributed by atoms with Gasteiger partial charge in [-0.1, -0.05) is 24.2 Å². The quantitative estimate of drug-likeness (QED) is 0.117. The zero-order chi connectivity index (χ0) is 31.5. The number of hydrogen-bond acceptors (Lipinski definition) is 7. The minimum atomic E-state index is -1.17. The first-order valence-corrected chi connectivity index (χ1v) is 13.9. The van der Waals surface area contributed by atoms with Crippen molar-refractivity contribution in [3.63, 3.8) is 0 Å². The van der Waals surface area contributed by atoms with Crippen LogP contribution in [0.4, 0.5) is 8.78 Å². The minimum absolute atomic E-state index is 0. The van der Waals surface area contributed by atoms with Gasteiger partial charge in [-0.3, -0.25) is 9.59 Å². The van der Waals surface area contributed by atoms with Gasteiger partial charge >= 0.3 is 0 Å². The Morgan fingerprint density at radius 3 is 2.30 bits per heavy atom. The first kappa shape index (κ1) is 36.1. The van der Waals surface area contributed by atoms with Crippen LogP contribution in [0.2, 0.25) is 0 Å². The molecule has 0 radical (unpaired) electrons. The summed E-state index contributed by atoms with van der Waals surface area (Å²) in [6.07, 6.45) is -0.510. The number of carbonyl (C=O) groups is 2. The number of nitrogens with one attached hydrogen (secondary N) is 2. The second kappa shape index (κ2) is 17.3. The molecule has 44 heavy (non-hydrogen) atoms. The summed E-state index contributed by atoms with van der Waals surface area (Å²) in [5.74, 6) is -1.83. The van der Waals surface area contributed by atoms with E-state index in [1.54, 1.807) is 14.2 Å². The molecule has 2 amide bonds. The van der Waals surface area contributed by atoms with Crippen molar-refractivity contribution in [3.05, 3.63) is 100 Å². The molecule has 12 heteroatoms. The summed E-state index contributed by atoms with van der Waals surface area (Å²) in [6, 6.07) is 13.9. The molecule has 0 aliphatic rings. The van der Waals surface area contributed by atoms with Crippen molar-refractivity contribution in [3.8, 4) is 5.75 Å². The normalized spacial score (nSPS) is 12.6. The molecule has 9 nitrogen and oxygen atoms in total. The third kappa shape index (κ3) is 10.3. The van der Waals surface area contributed by atoms with E-state index in [1.165, 1.54) is 30.0 Å². The molecule has 0 spiro atoms. The summed E-state index contributed by atoms with van der Waals surface area (Å²) < 4.78 is 33.2. The Morgan fingerprint density at radius 2 is 1.66 bits per heavy atom. The predicted molar refractivity (Wildman–Crippen MR) is 167 cm³/mol. The lowest BCUT2D eigenvalue weighted by Crippen LogP contribution is -2.48. The summed E-state index contributed by atoms with van der Waals surface area (Å²) in [6.45, 7) is 4.39. The van der Waals surface area contributed by atoms with Crippen molar-refractivity contribution >= 4 is 29.9 Å². The van der Waals surface area contributed by atoms with Gasteiger partial charge in [-0.05, 0) is 73.4 Å². The van der Waals surface area contributed by atoms with Crippen LogP contribution in [0.15, 0.2) is 65.8 Å². The van der Waals surface area contributed by atoms with E-state index in [4.69, 9.17) is 4.74 Å². The summed E-state index contributed by atoms with van der Waals surface area (Å²) in [7, 11) is 3.21. The molecule has 0 saturated heterocycles. The van der Waals surface area contributed by atoms with Gasteiger partial charge in [-0.15, -0.1) is 12.4 Å². The van der Waals surface area contributed by atoms with Crippen molar-refractivity contribution in [2.45, 2.75) is 45.4 Å². The zero-order valence-corrected chi connectivity index (χ0v) is 26.0. The maximum Gasteiger partial charge on any atom is 0.253 e. The van der Waals surface area contributed by atoms with Crippen LogP contribution >= 0.6 is 12.4 Å². The monoisotopic (exact) mass is 632 g/mol. The highest BCUT2D eigenvalue weighted by atomic mass is 35.5. The number of carbonyl (C=O) groups excluding carboxylic acids is 2. The molecule has 238 valence electrons. The maximum atomic E-state index is 14.0. The number of hydrogen-bond donors (Lipinski definition) is 4. The molecule has 0 heterocycles. The predicted octanol–water partition coefficient (Wildman–Crippen LogP) is 4.57. The first-order chi connectivity index (χ1) is 20.5. The van der Waals surface area contributed by atoms with E-state index in [2.05, 4.69) is 15.8 Å². The molecule has 0 bridgehead atoms. The zero-order valence-electron chi connectivity index (χ0n) is 25.1. The molecule has 0 aliphatic carbocycles. The van der Waals surface area contributed by atoms with Crippen molar-refractivity contribution in [2.75, 3.05) is 27.2 Å². The molecule has 3 aromatic rings. The maximum absolute atomic E-state index is 14.0. The number of rotatable bonds is 14. The number of aliphatic hydroxyl groups excluding tert-OH is 1. The minimum Gasteiger partial charge on any atom is -0.497 e. The van der Waals surface area contributed by atoms with Crippen molar-refractivity contribution in [2.24, 2.45) is 5.16 Å². The molecule has 0 unspecified atom stereocenters. The van der Waals surface area contributed by atoms with E-state index in [0.29, 0.717) is 24.4 Å². The van der Waals surface area contributed by atoms with E-state index >= 15 is 0 Å². The van der Waals surface area contributed by atoms with Gasteiger partial charge in [0, 0.05) is 49.4 Å². The van der Waals surface area contributed by atoms with Crippen molar-refractivity contribution < 1.29 is 33.4 Å². The fourth-order valence-electron chi connectivity index (χ4n) is 4.61. The van der Waals surface area contributed by atoms with E-state index in [-0.39, 0.29) is 53.7 Å². The first-order valence-electron chi connectivity index (χ1n) is 13.9. The molecular weight excluding hydrogens is 594 g/mol. The third-order valence-electron chi connectivity index (χ3n) is 6.89. The smallest absolute Gasteiger partial charge is 0.253 e. The SMILES string of the molecule is CCCN(C)C(=O)c1cc(C(=O)N[C@@H](Cc2cc(F)cc(F)c2)[C@H](O)CNCc2cccc(OC)c2)cc(/C(C)=N/O)c1.Cl. The highest BCUT2D eigenvalue weighted by Gasteiger charge is 2.24. The molecule has 3 aromatic carbocycles. The lowest BCUT2D eigenvalue weighted by molar-refractivity contribution is 0.0795. The van der Waals surface area contributed by atoms with Crippen LogP contribution in [-0.4, -0.2) is 72.1 Å². The number of methoxy groups -OCH3 is 1. The third-order valence-corrected chi connectivity index (χ3v) is 6.89. The number of aliphatic hydroxyl groups is 1. The van der Waals surface area contributed by atoms with Crippen LogP contribution in [0.25, 0.3) is 0 Å². The van der Waals surface area contributed by atoms with Gasteiger partial charge in [0.05, 0.1) is 25.0 Å². The van der Waals surface area contributed by atoms with Crippen LogP contribution < -0.4 is 15.4 Å². The molecule has 2 atom stereocenters. The highest BCUT2D eigenvalue weighted by molar-refractivity contribution is 6.06. The lowest BCUT2D eigenvalue weighted by atomic mass is 9.98. The number of ether oxygens (including phenoxy) is 1. The Labute approximate surface area is 262 Å². The van der Waals surface area contributed by atoms with Crippen LogP contribution in [0.1, 0.15) is 57.7 Å². The van der Waals surface area contributed by atoms with Gasteiger partial charge in [0.1, 0.15) is 17.4 Å². The largest absolute Gasteiger partial charge is 0.497 e. The van der Waals surface area contributed by atoms with Crippen LogP contribution in [-0.2, 0) is 13.0 Å². The molecular formula is C32H39ClF2N4O5. The van der Waals surface area contributed by atoms with Gasteiger partial charge in [0.25, 0.3) is 11.8 Å². The van der Waals surface area contributed by atoms with Crippen molar-refractivity contribution in [1.29, 1.82) is 0 Å². The average molecular weight is 633 g/mol. The number of oxime groups is 1. The van der Waals surface area contributed by atoms with Crippen molar-refractivity contribution in [1.82, 2.24) is 15.5 Å². The second-order valence-corrected chi connectivity index (χ2v) is 10.3. The van der Waals surface area contributed by atoms with E-state index < -0.39 is 29.7 Å². The number of benzene rings is 3. The molecule has 0 fully saturated rings. The van der Waals surface area contributed by atoms with Crippen LogP contribution in [0.3, 0.4) is 0 Å². The number of amides is 2. The second-order valence-electron chi connectivity index (χ2n) is 10.3. The van der Waals surface area contributed by atoms with E-state index in [1.807, 2.05) is 31.2 Å². The van der Waals surface area contributed by atoms with Gasteiger partial charge in [0.2, 0.25) is 0 Å². The van der Waals surface area contributed by atoms with Gasteiger partial charge in [-0.2, -0.15) is 0 Å². The molecule has 3 rings (SSSR count). The van der Waals surface area contributed by atoms with E-state index in [9.17, 15) is 28.7 Å². The molecule has 0 saturated carbocycles. The number of halogens is 3. The number of nitrogens with zero attached hydrogens (tertiary/aromatic N) is 2. The van der Waals surface area contributed by atoms with Crippen LogP contribution in [0.5, 0.6) is 5.75 Å². The van der Waals surface area contributed by atoms with E-state index in [0.717, 1.165) is 30.2 Å². The Kier molecular flexibility index (Phi) is 14.2. The molecule has 0 aromatic heterocycles. The Hall–Kier alpha value is -4.06. The Balaban J connectivity index is 0.00000675. The topological polar surface area (TPSA) is 123 Å². The van der Waals surface area contributed by atoms with Crippen LogP contribution in [0, 0.1) is 11.6 Å². The fraction of sp³-hybridized carbons (Fsp3) is 0.344. The van der Waals surface area contributed by atoms with Gasteiger partial charge in [0.15, 0.2) is 0 Å². The van der Waals surface area contributed by atoms with Gasteiger partial charge < -0.3 is 30.6 Å². The lowest BCUT2D eigenvalue weighted by Gasteiger charge is -2.25. The summed E-state index contributed by atoms with van der Waals surface area (Å²) in [5, 5.41) is 29.6. The van der Waals surface area contributed by atoms with Gasteiger partial charge in [-0.25, -0.2) is 8.78 Å². The Morgan fingerprint density at radius 1 is 1.00 bits per heavy atom.